The fraction of sp³-hybridized carbons (Fsp3) is 0.368. The van der Waals surface area contributed by atoms with Gasteiger partial charge in [-0.2, -0.15) is 4.31 Å². The number of hydrogen-bond donors (Lipinski definition) is 2. The minimum Gasteiger partial charge on any atom is -0.347 e. The topological polar surface area (TPSA) is 95.6 Å². The predicted molar refractivity (Wildman–Crippen MR) is 109 cm³/mol. The lowest BCUT2D eigenvalue weighted by atomic mass is 10.1. The number of benzene rings is 1. The first-order chi connectivity index (χ1) is 13.3. The average Bonchev–Trinajstić information content (AvgIpc) is 3.33. The zero-order valence-electron chi connectivity index (χ0n) is 15.8. The number of nitrogens with zero attached hydrogens (tertiary/aromatic N) is 1. The van der Waals surface area contributed by atoms with Crippen molar-refractivity contribution in [2.45, 2.75) is 37.4 Å². The van der Waals surface area contributed by atoms with Crippen LogP contribution in [0.2, 0.25) is 0 Å². The van der Waals surface area contributed by atoms with E-state index in [4.69, 9.17) is 0 Å². The van der Waals surface area contributed by atoms with Gasteiger partial charge in [0.25, 0.3) is 15.9 Å². The molecular formula is C19H23N3O4S2. The SMILES string of the molecule is CC(=O)Nc1cc(C(=O)NCc2ccc(S(=O)(=O)N3CCCC3)s2)ccc1C. The number of nitrogens with one attached hydrogen (secondary N) is 2. The Hall–Kier alpha value is -2.23. The number of amides is 2. The Balaban J connectivity index is 1.65. The molecule has 0 aliphatic carbocycles. The van der Waals surface area contributed by atoms with Crippen molar-refractivity contribution in [2.75, 3.05) is 18.4 Å². The van der Waals surface area contributed by atoms with Gasteiger partial charge in [0.2, 0.25) is 5.91 Å². The van der Waals surface area contributed by atoms with E-state index in [0.717, 1.165) is 23.3 Å². The van der Waals surface area contributed by atoms with Crippen molar-refractivity contribution >= 4 is 38.9 Å². The Kier molecular flexibility index (Phi) is 6.17. The highest BCUT2D eigenvalue weighted by Gasteiger charge is 2.28. The molecule has 2 amide bonds. The third kappa shape index (κ3) is 4.60. The van der Waals surface area contributed by atoms with Crippen LogP contribution in [0.3, 0.4) is 0 Å². The molecule has 1 fully saturated rings. The number of rotatable bonds is 6. The molecule has 28 heavy (non-hydrogen) atoms. The lowest BCUT2D eigenvalue weighted by Gasteiger charge is -2.13. The van der Waals surface area contributed by atoms with Gasteiger partial charge < -0.3 is 10.6 Å². The smallest absolute Gasteiger partial charge is 0.252 e. The van der Waals surface area contributed by atoms with Gasteiger partial charge in [-0.25, -0.2) is 8.42 Å². The Bertz CT molecular complexity index is 992. The maximum absolute atomic E-state index is 12.6. The highest BCUT2D eigenvalue weighted by Crippen LogP contribution is 2.27. The van der Waals surface area contributed by atoms with E-state index in [2.05, 4.69) is 10.6 Å². The second kappa shape index (κ2) is 8.42. The third-order valence-electron chi connectivity index (χ3n) is 4.53. The summed E-state index contributed by atoms with van der Waals surface area (Å²) >= 11 is 1.18. The van der Waals surface area contributed by atoms with E-state index in [0.29, 0.717) is 28.5 Å². The molecule has 1 aliphatic rings. The quantitative estimate of drug-likeness (QED) is 0.750. The summed E-state index contributed by atoms with van der Waals surface area (Å²) in [5.74, 6) is -0.491. The second-order valence-electron chi connectivity index (χ2n) is 6.73. The standard InChI is InChI=1S/C19H23N3O4S2/c1-13-5-6-15(11-17(13)21-14(2)23)19(24)20-12-16-7-8-18(27-16)28(25,26)22-9-3-4-10-22/h5-8,11H,3-4,9-10,12H2,1-2H3,(H,20,24)(H,21,23). The summed E-state index contributed by atoms with van der Waals surface area (Å²) < 4.78 is 27.0. The molecule has 0 saturated carbocycles. The molecule has 1 saturated heterocycles. The van der Waals surface area contributed by atoms with Crippen LogP contribution in [-0.4, -0.2) is 37.6 Å². The first-order valence-electron chi connectivity index (χ1n) is 9.02. The van der Waals surface area contributed by atoms with Crippen molar-refractivity contribution in [2.24, 2.45) is 0 Å². The van der Waals surface area contributed by atoms with Crippen LogP contribution in [0.15, 0.2) is 34.5 Å². The van der Waals surface area contributed by atoms with Gasteiger partial charge in [-0.15, -0.1) is 11.3 Å². The van der Waals surface area contributed by atoms with Crippen molar-refractivity contribution in [3.63, 3.8) is 0 Å². The van der Waals surface area contributed by atoms with Crippen molar-refractivity contribution < 1.29 is 18.0 Å². The maximum atomic E-state index is 12.6. The van der Waals surface area contributed by atoms with Crippen LogP contribution >= 0.6 is 11.3 Å². The number of carbonyl (C=O) groups is 2. The molecule has 3 rings (SSSR count). The third-order valence-corrected chi connectivity index (χ3v) is 7.98. The summed E-state index contributed by atoms with van der Waals surface area (Å²) in [6.45, 7) is 4.63. The molecule has 1 aromatic heterocycles. The van der Waals surface area contributed by atoms with Crippen molar-refractivity contribution in [1.29, 1.82) is 0 Å². The first-order valence-corrected chi connectivity index (χ1v) is 11.3. The molecule has 0 radical (unpaired) electrons. The van der Waals surface area contributed by atoms with Gasteiger partial charge in [-0.1, -0.05) is 6.07 Å². The van der Waals surface area contributed by atoms with Crippen molar-refractivity contribution in [3.05, 3.63) is 46.3 Å². The summed E-state index contributed by atoms with van der Waals surface area (Å²) in [5.41, 5.74) is 1.88. The molecule has 2 heterocycles. The molecule has 9 heteroatoms. The lowest BCUT2D eigenvalue weighted by Crippen LogP contribution is -2.27. The fourth-order valence-electron chi connectivity index (χ4n) is 3.00. The maximum Gasteiger partial charge on any atom is 0.252 e. The van der Waals surface area contributed by atoms with E-state index < -0.39 is 10.0 Å². The number of carbonyl (C=O) groups excluding carboxylic acids is 2. The van der Waals surface area contributed by atoms with E-state index in [1.54, 1.807) is 30.3 Å². The number of sulfonamides is 1. The van der Waals surface area contributed by atoms with Crippen LogP contribution in [0.1, 0.15) is 40.6 Å². The number of hydrogen-bond acceptors (Lipinski definition) is 5. The van der Waals surface area contributed by atoms with Crippen LogP contribution in [0.5, 0.6) is 0 Å². The zero-order chi connectivity index (χ0) is 20.3. The highest BCUT2D eigenvalue weighted by molar-refractivity contribution is 7.91. The van der Waals surface area contributed by atoms with E-state index in [9.17, 15) is 18.0 Å². The van der Waals surface area contributed by atoms with E-state index in [1.807, 2.05) is 6.92 Å². The number of anilines is 1. The van der Waals surface area contributed by atoms with Crippen LogP contribution < -0.4 is 10.6 Å². The molecule has 7 nitrogen and oxygen atoms in total. The summed E-state index contributed by atoms with van der Waals surface area (Å²) in [6.07, 6.45) is 1.79. The summed E-state index contributed by atoms with van der Waals surface area (Å²) in [7, 11) is -3.43. The molecule has 0 spiro atoms. The number of thiophene rings is 1. The van der Waals surface area contributed by atoms with Gasteiger partial charge in [0.1, 0.15) is 4.21 Å². The van der Waals surface area contributed by atoms with Gasteiger partial charge in [0.15, 0.2) is 0 Å². The van der Waals surface area contributed by atoms with E-state index in [-0.39, 0.29) is 18.4 Å². The normalized spacial score (nSPS) is 14.8. The van der Waals surface area contributed by atoms with Crippen LogP contribution in [0.4, 0.5) is 5.69 Å². The van der Waals surface area contributed by atoms with Crippen LogP contribution in [-0.2, 0) is 21.4 Å². The van der Waals surface area contributed by atoms with Crippen molar-refractivity contribution in [1.82, 2.24) is 9.62 Å². The van der Waals surface area contributed by atoms with Gasteiger partial charge in [-0.3, -0.25) is 9.59 Å². The van der Waals surface area contributed by atoms with Gasteiger partial charge >= 0.3 is 0 Å². The van der Waals surface area contributed by atoms with Gasteiger partial charge in [0.05, 0.1) is 6.54 Å². The van der Waals surface area contributed by atoms with Gasteiger partial charge in [-0.05, 0) is 49.6 Å². The Morgan fingerprint density at radius 1 is 1.14 bits per heavy atom. The second-order valence-corrected chi connectivity index (χ2v) is 10.1. The zero-order valence-corrected chi connectivity index (χ0v) is 17.5. The molecule has 1 aliphatic heterocycles. The average molecular weight is 422 g/mol. The molecule has 0 atom stereocenters. The van der Waals surface area contributed by atoms with Gasteiger partial charge in [0, 0.05) is 36.1 Å². The molecule has 0 bridgehead atoms. The van der Waals surface area contributed by atoms with E-state index in [1.165, 1.54) is 22.6 Å². The molecule has 150 valence electrons. The Morgan fingerprint density at radius 3 is 2.54 bits per heavy atom. The van der Waals surface area contributed by atoms with Crippen molar-refractivity contribution in [3.8, 4) is 0 Å². The Morgan fingerprint density at radius 2 is 1.86 bits per heavy atom. The van der Waals surface area contributed by atoms with E-state index >= 15 is 0 Å². The molecule has 0 unspecified atom stereocenters. The predicted octanol–water partition coefficient (Wildman–Crippen LogP) is 2.73. The largest absolute Gasteiger partial charge is 0.347 e. The fourth-order valence-corrected chi connectivity index (χ4v) is 5.97. The lowest BCUT2D eigenvalue weighted by molar-refractivity contribution is -0.114. The molecular weight excluding hydrogens is 398 g/mol. The minimum absolute atomic E-state index is 0.203. The molecule has 2 aromatic rings. The molecule has 1 aromatic carbocycles. The van der Waals surface area contributed by atoms with Crippen LogP contribution in [0.25, 0.3) is 0 Å². The summed E-state index contributed by atoms with van der Waals surface area (Å²) in [4.78, 5) is 24.5. The monoisotopic (exact) mass is 421 g/mol. The Labute approximate surface area is 168 Å². The highest BCUT2D eigenvalue weighted by atomic mass is 32.2. The molecule has 2 N–H and O–H groups in total. The number of aryl methyl sites for hydroxylation is 1. The minimum atomic E-state index is -3.43. The first kappa shape index (κ1) is 20.5. The van der Waals surface area contributed by atoms with Crippen LogP contribution in [0, 0.1) is 6.92 Å². The summed E-state index contributed by atoms with van der Waals surface area (Å²) in [5, 5.41) is 5.50. The summed E-state index contributed by atoms with van der Waals surface area (Å²) in [6, 6.07) is 8.41.